The van der Waals surface area contributed by atoms with Gasteiger partial charge in [-0.15, -0.1) is 0 Å². The monoisotopic (exact) mass is 267 g/mol. The molecule has 102 valence electrons. The largest absolute Gasteiger partial charge is 0.467 e. The van der Waals surface area contributed by atoms with Gasteiger partial charge in [-0.3, -0.25) is 4.79 Å². The lowest BCUT2D eigenvalue weighted by molar-refractivity contribution is -0.151. The molecule has 1 fully saturated rings. The van der Waals surface area contributed by atoms with E-state index in [0.29, 0.717) is 18.7 Å². The third-order valence-corrected chi connectivity index (χ3v) is 2.95. The van der Waals surface area contributed by atoms with Crippen molar-refractivity contribution in [2.75, 3.05) is 26.9 Å². The van der Waals surface area contributed by atoms with E-state index in [1.165, 1.54) is 36.3 Å². The number of morpholine rings is 1. The summed E-state index contributed by atoms with van der Waals surface area (Å²) in [7, 11) is 1.26. The van der Waals surface area contributed by atoms with E-state index in [1.807, 2.05) is 0 Å². The molecule has 1 amide bonds. The number of esters is 1. The standard InChI is InChI=1S/C13H14FNO4/c1-18-13(17)11-8-19-7-6-15(11)12(16)9-2-4-10(14)5-3-9/h2-5,11H,6-8H2,1H3. The van der Waals surface area contributed by atoms with Crippen LogP contribution in [-0.4, -0.2) is 49.7 Å². The average molecular weight is 267 g/mol. The summed E-state index contributed by atoms with van der Waals surface area (Å²) in [6.07, 6.45) is 0. The summed E-state index contributed by atoms with van der Waals surface area (Å²) in [6, 6.07) is 4.45. The fraction of sp³-hybridized carbons (Fsp3) is 0.385. The Bertz CT molecular complexity index is 474. The topological polar surface area (TPSA) is 55.8 Å². The van der Waals surface area contributed by atoms with Crippen molar-refractivity contribution in [3.63, 3.8) is 0 Å². The summed E-state index contributed by atoms with van der Waals surface area (Å²) in [6.45, 7) is 0.774. The zero-order valence-electron chi connectivity index (χ0n) is 10.5. The van der Waals surface area contributed by atoms with Crippen LogP contribution in [0.2, 0.25) is 0 Å². The number of carbonyl (C=O) groups excluding carboxylic acids is 2. The summed E-state index contributed by atoms with van der Waals surface area (Å²) >= 11 is 0. The predicted octanol–water partition coefficient (Wildman–Crippen LogP) is 0.840. The lowest BCUT2D eigenvalue weighted by atomic mass is 10.1. The van der Waals surface area contributed by atoms with E-state index in [1.54, 1.807) is 0 Å². The molecule has 0 aliphatic carbocycles. The fourth-order valence-corrected chi connectivity index (χ4v) is 1.94. The van der Waals surface area contributed by atoms with Gasteiger partial charge < -0.3 is 14.4 Å². The van der Waals surface area contributed by atoms with Gasteiger partial charge in [0.2, 0.25) is 0 Å². The van der Waals surface area contributed by atoms with Crippen LogP contribution < -0.4 is 0 Å². The minimum atomic E-state index is -0.753. The highest BCUT2D eigenvalue weighted by atomic mass is 19.1. The van der Waals surface area contributed by atoms with Crippen molar-refractivity contribution in [1.82, 2.24) is 4.90 Å². The second kappa shape index (κ2) is 5.79. The third-order valence-electron chi connectivity index (χ3n) is 2.95. The Kier molecular flexibility index (Phi) is 4.11. The Morgan fingerprint density at radius 1 is 1.37 bits per heavy atom. The molecule has 1 heterocycles. The van der Waals surface area contributed by atoms with Crippen LogP contribution in [-0.2, 0) is 14.3 Å². The van der Waals surface area contributed by atoms with Gasteiger partial charge in [-0.05, 0) is 24.3 Å². The summed E-state index contributed by atoms with van der Waals surface area (Å²) in [5.41, 5.74) is 0.331. The Morgan fingerprint density at radius 3 is 2.68 bits per heavy atom. The Morgan fingerprint density at radius 2 is 2.05 bits per heavy atom. The maximum absolute atomic E-state index is 12.8. The summed E-state index contributed by atoms with van der Waals surface area (Å²) in [5.74, 6) is -1.27. The van der Waals surface area contributed by atoms with Crippen LogP contribution in [0.3, 0.4) is 0 Å². The van der Waals surface area contributed by atoms with Gasteiger partial charge in [-0.1, -0.05) is 0 Å². The lowest BCUT2D eigenvalue weighted by Gasteiger charge is -2.33. The third kappa shape index (κ3) is 2.90. The Balaban J connectivity index is 2.20. The number of amides is 1. The SMILES string of the molecule is COC(=O)C1COCCN1C(=O)c1ccc(F)cc1. The lowest BCUT2D eigenvalue weighted by Crippen LogP contribution is -2.53. The van der Waals surface area contributed by atoms with Crippen LogP contribution in [0.1, 0.15) is 10.4 Å². The van der Waals surface area contributed by atoms with Gasteiger partial charge in [0.1, 0.15) is 5.82 Å². The highest BCUT2D eigenvalue weighted by Gasteiger charge is 2.34. The van der Waals surface area contributed by atoms with Crippen molar-refractivity contribution < 1.29 is 23.5 Å². The van der Waals surface area contributed by atoms with E-state index in [9.17, 15) is 14.0 Å². The Hall–Kier alpha value is -1.95. The molecule has 0 spiro atoms. The number of nitrogens with zero attached hydrogens (tertiary/aromatic N) is 1. The van der Waals surface area contributed by atoms with Gasteiger partial charge in [0.15, 0.2) is 6.04 Å². The molecule has 0 bridgehead atoms. The molecule has 5 nitrogen and oxygen atoms in total. The number of rotatable bonds is 2. The van der Waals surface area contributed by atoms with E-state index in [2.05, 4.69) is 4.74 Å². The molecule has 1 aromatic rings. The van der Waals surface area contributed by atoms with E-state index >= 15 is 0 Å². The van der Waals surface area contributed by atoms with Gasteiger partial charge in [-0.25, -0.2) is 9.18 Å². The predicted molar refractivity (Wildman–Crippen MR) is 64.1 cm³/mol. The molecule has 1 aliphatic heterocycles. The molecule has 19 heavy (non-hydrogen) atoms. The highest BCUT2D eigenvalue weighted by molar-refractivity contribution is 5.96. The minimum absolute atomic E-state index is 0.111. The number of methoxy groups -OCH3 is 1. The number of hydrogen-bond donors (Lipinski definition) is 0. The maximum atomic E-state index is 12.8. The molecule has 1 unspecified atom stereocenters. The van der Waals surface area contributed by atoms with Crippen molar-refractivity contribution >= 4 is 11.9 Å². The van der Waals surface area contributed by atoms with Crippen LogP contribution >= 0.6 is 0 Å². The molecule has 1 atom stereocenters. The van der Waals surface area contributed by atoms with Crippen molar-refractivity contribution in [3.8, 4) is 0 Å². The second-order valence-corrected chi connectivity index (χ2v) is 4.12. The Labute approximate surface area is 109 Å². The maximum Gasteiger partial charge on any atom is 0.331 e. The summed E-state index contributed by atoms with van der Waals surface area (Å²) in [4.78, 5) is 25.3. The molecule has 6 heteroatoms. The molecular formula is C13H14FNO4. The average Bonchev–Trinajstić information content (AvgIpc) is 2.46. The van der Waals surface area contributed by atoms with Gasteiger partial charge in [0.05, 0.1) is 20.3 Å². The highest BCUT2D eigenvalue weighted by Crippen LogP contribution is 2.14. The second-order valence-electron chi connectivity index (χ2n) is 4.12. The van der Waals surface area contributed by atoms with Crippen LogP contribution in [0.15, 0.2) is 24.3 Å². The van der Waals surface area contributed by atoms with Crippen LogP contribution in [0.5, 0.6) is 0 Å². The normalized spacial score (nSPS) is 19.1. The van der Waals surface area contributed by atoms with Crippen LogP contribution in [0.4, 0.5) is 4.39 Å². The van der Waals surface area contributed by atoms with Crippen LogP contribution in [0, 0.1) is 5.82 Å². The molecular weight excluding hydrogens is 253 g/mol. The number of benzene rings is 1. The fourth-order valence-electron chi connectivity index (χ4n) is 1.94. The van der Waals surface area contributed by atoms with Gasteiger partial charge in [0, 0.05) is 12.1 Å². The summed E-state index contributed by atoms with van der Waals surface area (Å²) < 4.78 is 22.7. The van der Waals surface area contributed by atoms with E-state index in [4.69, 9.17) is 4.74 Å². The molecule has 1 aliphatic rings. The van der Waals surface area contributed by atoms with Crippen LogP contribution in [0.25, 0.3) is 0 Å². The smallest absolute Gasteiger partial charge is 0.331 e. The molecule has 0 aromatic heterocycles. The van der Waals surface area contributed by atoms with Gasteiger partial charge >= 0.3 is 5.97 Å². The number of carbonyl (C=O) groups is 2. The molecule has 1 aromatic carbocycles. The molecule has 1 saturated heterocycles. The number of ether oxygens (including phenoxy) is 2. The number of hydrogen-bond acceptors (Lipinski definition) is 4. The van der Waals surface area contributed by atoms with Gasteiger partial charge in [0.25, 0.3) is 5.91 Å². The van der Waals surface area contributed by atoms with E-state index < -0.39 is 17.8 Å². The van der Waals surface area contributed by atoms with Crippen molar-refractivity contribution in [2.24, 2.45) is 0 Å². The number of halogens is 1. The molecule has 0 radical (unpaired) electrons. The van der Waals surface area contributed by atoms with E-state index in [0.717, 1.165) is 0 Å². The first-order chi connectivity index (χ1) is 9.13. The first-order valence-electron chi connectivity index (χ1n) is 5.85. The zero-order valence-corrected chi connectivity index (χ0v) is 10.5. The molecule has 0 N–H and O–H groups in total. The van der Waals surface area contributed by atoms with Crippen molar-refractivity contribution in [1.29, 1.82) is 0 Å². The zero-order chi connectivity index (χ0) is 13.8. The van der Waals surface area contributed by atoms with Crippen molar-refractivity contribution in [3.05, 3.63) is 35.6 Å². The van der Waals surface area contributed by atoms with E-state index in [-0.39, 0.29) is 12.5 Å². The minimum Gasteiger partial charge on any atom is -0.467 e. The van der Waals surface area contributed by atoms with Gasteiger partial charge in [-0.2, -0.15) is 0 Å². The quantitative estimate of drug-likeness (QED) is 0.745. The van der Waals surface area contributed by atoms with Crippen molar-refractivity contribution in [2.45, 2.75) is 6.04 Å². The first-order valence-corrected chi connectivity index (χ1v) is 5.85. The summed E-state index contributed by atoms with van der Waals surface area (Å²) in [5, 5.41) is 0. The first kappa shape index (κ1) is 13.5. The molecule has 2 rings (SSSR count). The molecule has 0 saturated carbocycles.